The van der Waals surface area contributed by atoms with Crippen LogP contribution in [0.25, 0.3) is 0 Å². The van der Waals surface area contributed by atoms with Gasteiger partial charge in [0.05, 0.1) is 13.1 Å². The first-order valence-corrected chi connectivity index (χ1v) is 11.4. The van der Waals surface area contributed by atoms with Crippen LogP contribution in [-0.4, -0.2) is 70.7 Å². The van der Waals surface area contributed by atoms with E-state index >= 15 is 0 Å². The number of amides is 3. The van der Waals surface area contributed by atoms with E-state index in [1.165, 1.54) is 12.1 Å². The number of nitrogens with one attached hydrogen (secondary N) is 1. The van der Waals surface area contributed by atoms with Crippen LogP contribution in [0.5, 0.6) is 0 Å². The minimum Gasteiger partial charge on any atom is -0.447 e. The molecule has 1 N–H and O–H groups in total. The minimum atomic E-state index is -1.19. The number of urea groups is 1. The first-order valence-electron chi connectivity index (χ1n) is 9.87. The van der Waals surface area contributed by atoms with Crippen LogP contribution in [0, 0.1) is 17.2 Å². The Kier molecular flexibility index (Phi) is 4.17. The molecule has 156 valence electrons. The fourth-order valence-corrected chi connectivity index (χ4v) is 5.98. The lowest BCUT2D eigenvalue weighted by molar-refractivity contribution is -0.0827. The molecular weight excluding hydrogens is 397 g/mol. The molecule has 3 saturated heterocycles. The Labute approximate surface area is 171 Å². The first-order chi connectivity index (χ1) is 13.7. The standard InChI is InChI=1S/C20H24FN3O4S/c1-29(27)16-4-13(3-15(21)5-16)2-14-6-19(7-14)8-23(9-19)18(26)24-10-20(11-24)12-28-17(25)22-20/h3-5,14H,2,6-12H2,1H3,(H,22,25). The number of likely N-dealkylation sites (tertiary alicyclic amines) is 2. The third-order valence-corrected chi connectivity index (χ3v) is 7.56. The number of rotatable bonds is 3. The molecule has 3 heterocycles. The van der Waals surface area contributed by atoms with E-state index in [1.54, 1.807) is 11.2 Å². The van der Waals surface area contributed by atoms with Crippen molar-refractivity contribution in [3.8, 4) is 0 Å². The average Bonchev–Trinajstić information content (AvgIpc) is 2.95. The number of carbonyl (C=O) groups is 2. The third-order valence-electron chi connectivity index (χ3n) is 6.66. The van der Waals surface area contributed by atoms with Crippen molar-refractivity contribution in [1.82, 2.24) is 15.1 Å². The maximum Gasteiger partial charge on any atom is 0.407 e. The molecule has 3 aliphatic heterocycles. The molecule has 5 rings (SSSR count). The maximum atomic E-state index is 13.8. The van der Waals surface area contributed by atoms with Gasteiger partial charge in [0.1, 0.15) is 18.0 Å². The van der Waals surface area contributed by atoms with E-state index in [4.69, 9.17) is 4.74 Å². The molecule has 4 fully saturated rings. The Morgan fingerprint density at radius 1 is 1.24 bits per heavy atom. The summed E-state index contributed by atoms with van der Waals surface area (Å²) in [5.74, 6) is 0.142. The molecule has 0 aromatic heterocycles. The zero-order valence-corrected chi connectivity index (χ0v) is 17.1. The molecule has 7 nitrogen and oxygen atoms in total. The predicted molar refractivity (Wildman–Crippen MR) is 103 cm³/mol. The highest BCUT2D eigenvalue weighted by atomic mass is 32.2. The fourth-order valence-electron chi connectivity index (χ4n) is 5.39. The molecule has 3 amide bonds. The van der Waals surface area contributed by atoms with Crippen LogP contribution in [0.15, 0.2) is 23.1 Å². The van der Waals surface area contributed by atoms with Gasteiger partial charge in [-0.25, -0.2) is 14.0 Å². The molecule has 2 spiro atoms. The van der Waals surface area contributed by atoms with Crippen molar-refractivity contribution < 1.29 is 22.9 Å². The van der Waals surface area contributed by atoms with E-state index in [2.05, 4.69) is 5.32 Å². The lowest BCUT2D eigenvalue weighted by atomic mass is 9.56. The van der Waals surface area contributed by atoms with Gasteiger partial charge in [0.25, 0.3) is 0 Å². The van der Waals surface area contributed by atoms with Crippen molar-refractivity contribution in [2.45, 2.75) is 29.7 Å². The SMILES string of the molecule is CS(=O)c1cc(F)cc(CC2CC3(C2)CN(C(=O)N2CC4(COC(=O)N4)C2)C3)c1. The summed E-state index contributed by atoms with van der Waals surface area (Å²) < 4.78 is 30.3. The third kappa shape index (κ3) is 3.29. The summed E-state index contributed by atoms with van der Waals surface area (Å²) in [6.45, 7) is 2.87. The van der Waals surface area contributed by atoms with Gasteiger partial charge in [-0.2, -0.15) is 0 Å². The second kappa shape index (κ2) is 6.42. The van der Waals surface area contributed by atoms with Crippen molar-refractivity contribution in [2.75, 3.05) is 39.0 Å². The number of carbonyl (C=O) groups excluding carboxylic acids is 2. The number of alkyl carbamates (subject to hydrolysis) is 1. The Morgan fingerprint density at radius 3 is 2.55 bits per heavy atom. The fraction of sp³-hybridized carbons (Fsp3) is 0.600. The van der Waals surface area contributed by atoms with Gasteiger partial charge in [0.2, 0.25) is 0 Å². The molecule has 1 aromatic rings. The molecule has 1 saturated carbocycles. The van der Waals surface area contributed by atoms with Crippen LogP contribution >= 0.6 is 0 Å². The normalized spacial score (nSPS) is 25.1. The van der Waals surface area contributed by atoms with Crippen molar-refractivity contribution in [3.63, 3.8) is 0 Å². The lowest BCUT2D eigenvalue weighted by Crippen LogP contribution is -2.74. The molecule has 29 heavy (non-hydrogen) atoms. The number of cyclic esters (lactones) is 1. The van der Waals surface area contributed by atoms with Gasteiger partial charge in [0.15, 0.2) is 0 Å². The highest BCUT2D eigenvalue weighted by Crippen LogP contribution is 2.53. The van der Waals surface area contributed by atoms with Crippen LogP contribution in [0.2, 0.25) is 0 Å². The zero-order valence-electron chi connectivity index (χ0n) is 16.3. The van der Waals surface area contributed by atoms with Crippen LogP contribution in [0.4, 0.5) is 14.0 Å². The molecule has 9 heteroatoms. The second-order valence-electron chi connectivity index (χ2n) is 9.20. The quantitative estimate of drug-likeness (QED) is 0.806. The second-order valence-corrected chi connectivity index (χ2v) is 10.6. The van der Waals surface area contributed by atoms with E-state index in [0.717, 1.165) is 37.9 Å². The summed E-state index contributed by atoms with van der Waals surface area (Å²) in [4.78, 5) is 28.0. The van der Waals surface area contributed by atoms with E-state index < -0.39 is 16.9 Å². The predicted octanol–water partition coefficient (Wildman–Crippen LogP) is 1.73. The molecule has 4 aliphatic rings. The van der Waals surface area contributed by atoms with Gasteiger partial charge in [0, 0.05) is 40.5 Å². The van der Waals surface area contributed by atoms with Gasteiger partial charge in [-0.3, -0.25) is 4.21 Å². The number of benzene rings is 1. The summed E-state index contributed by atoms with van der Waals surface area (Å²) in [5.41, 5.74) is 0.717. The van der Waals surface area contributed by atoms with Gasteiger partial charge < -0.3 is 19.9 Å². The summed E-state index contributed by atoms with van der Waals surface area (Å²) >= 11 is 0. The highest BCUT2D eigenvalue weighted by molar-refractivity contribution is 7.84. The Bertz CT molecular complexity index is 903. The van der Waals surface area contributed by atoms with Crippen molar-refractivity contribution in [2.24, 2.45) is 11.3 Å². The van der Waals surface area contributed by atoms with E-state index in [1.807, 2.05) is 11.0 Å². The molecular formula is C20H24FN3O4S. The largest absolute Gasteiger partial charge is 0.447 e. The monoisotopic (exact) mass is 421 g/mol. The number of ether oxygens (including phenoxy) is 1. The Morgan fingerprint density at radius 2 is 1.93 bits per heavy atom. The van der Waals surface area contributed by atoms with Gasteiger partial charge in [-0.1, -0.05) is 0 Å². The molecule has 1 aromatic carbocycles. The molecule has 0 bridgehead atoms. The Balaban J connectivity index is 1.09. The number of halogens is 1. The van der Waals surface area contributed by atoms with E-state index in [0.29, 0.717) is 30.5 Å². The summed E-state index contributed by atoms with van der Waals surface area (Å²) in [7, 11) is -1.19. The smallest absolute Gasteiger partial charge is 0.407 e. The van der Waals surface area contributed by atoms with Crippen LogP contribution in [0.3, 0.4) is 0 Å². The molecule has 0 radical (unpaired) electrons. The van der Waals surface area contributed by atoms with Crippen LogP contribution in [-0.2, 0) is 22.0 Å². The molecule has 1 atom stereocenters. The number of hydrogen-bond donors (Lipinski definition) is 1. The topological polar surface area (TPSA) is 79.0 Å². The lowest BCUT2D eigenvalue weighted by Gasteiger charge is -2.61. The van der Waals surface area contributed by atoms with Crippen molar-refractivity contribution >= 4 is 22.9 Å². The van der Waals surface area contributed by atoms with E-state index in [9.17, 15) is 18.2 Å². The number of nitrogens with zero attached hydrogens (tertiary/aromatic N) is 2. The summed E-state index contributed by atoms with van der Waals surface area (Å²) in [6.07, 6.45) is 4.00. The van der Waals surface area contributed by atoms with Crippen LogP contribution in [0.1, 0.15) is 18.4 Å². The summed E-state index contributed by atoms with van der Waals surface area (Å²) in [5, 5.41) is 2.79. The van der Waals surface area contributed by atoms with Crippen molar-refractivity contribution in [1.29, 1.82) is 0 Å². The summed E-state index contributed by atoms with van der Waals surface area (Å²) in [6, 6.07) is 4.74. The van der Waals surface area contributed by atoms with Gasteiger partial charge >= 0.3 is 12.1 Å². The van der Waals surface area contributed by atoms with E-state index in [-0.39, 0.29) is 22.8 Å². The minimum absolute atomic E-state index is 0.0334. The van der Waals surface area contributed by atoms with Gasteiger partial charge in [-0.15, -0.1) is 0 Å². The molecule has 1 aliphatic carbocycles. The highest BCUT2D eigenvalue weighted by Gasteiger charge is 2.57. The Hall–Kier alpha value is -2.16. The number of hydrogen-bond acceptors (Lipinski definition) is 4. The molecule has 1 unspecified atom stereocenters. The maximum absolute atomic E-state index is 13.8. The van der Waals surface area contributed by atoms with Crippen LogP contribution < -0.4 is 5.32 Å². The zero-order chi connectivity index (χ0) is 20.4. The van der Waals surface area contributed by atoms with Crippen molar-refractivity contribution in [3.05, 3.63) is 29.6 Å². The average molecular weight is 421 g/mol. The van der Waals surface area contributed by atoms with Gasteiger partial charge in [-0.05, 0) is 48.9 Å². The first kappa shape index (κ1) is 18.8.